The summed E-state index contributed by atoms with van der Waals surface area (Å²) in [5, 5.41) is 0. The third-order valence-corrected chi connectivity index (χ3v) is 7.35. The van der Waals surface area contributed by atoms with Gasteiger partial charge in [-0.15, -0.1) is 0 Å². The van der Waals surface area contributed by atoms with E-state index >= 15 is 0 Å². The predicted octanol–water partition coefficient (Wildman–Crippen LogP) is 3.60. The molecule has 4 rings (SSSR count). The molecule has 0 atom stereocenters. The zero-order valence-corrected chi connectivity index (χ0v) is 16.9. The first-order valence-electron chi connectivity index (χ1n) is 9.83. The lowest BCUT2D eigenvalue weighted by atomic mass is 10.2. The van der Waals surface area contributed by atoms with Crippen LogP contribution in [0.1, 0.15) is 30.4 Å². The molecule has 2 heterocycles. The van der Waals surface area contributed by atoms with Crippen molar-refractivity contribution in [2.45, 2.75) is 30.6 Å². The standard InChI is InChI=1S/C22H23FN2O3S/c23-19-7-4-17(5-8-19)6-11-22(26)25-15-12-18-16-20(9-10-21(18)25)29(27,28)24-13-2-1-3-14-24/h4-11,16H,1-3,12-15H2/b11-6+. The molecule has 152 valence electrons. The molecule has 0 bridgehead atoms. The maximum Gasteiger partial charge on any atom is 0.251 e. The molecule has 7 heteroatoms. The average Bonchev–Trinajstić information content (AvgIpc) is 3.17. The minimum absolute atomic E-state index is 0.181. The van der Waals surface area contributed by atoms with Gasteiger partial charge < -0.3 is 4.90 Å². The lowest BCUT2D eigenvalue weighted by Gasteiger charge is -2.26. The van der Waals surface area contributed by atoms with Crippen LogP contribution in [0.4, 0.5) is 10.1 Å². The van der Waals surface area contributed by atoms with Crippen molar-refractivity contribution in [3.63, 3.8) is 0 Å². The van der Waals surface area contributed by atoms with Crippen LogP contribution in [0, 0.1) is 5.82 Å². The van der Waals surface area contributed by atoms with E-state index in [9.17, 15) is 17.6 Å². The van der Waals surface area contributed by atoms with E-state index in [0.717, 1.165) is 36.1 Å². The zero-order valence-electron chi connectivity index (χ0n) is 16.1. The smallest absolute Gasteiger partial charge is 0.251 e. The monoisotopic (exact) mass is 414 g/mol. The minimum atomic E-state index is -3.49. The fourth-order valence-corrected chi connectivity index (χ4v) is 5.42. The van der Waals surface area contributed by atoms with Crippen molar-refractivity contribution in [2.75, 3.05) is 24.5 Å². The van der Waals surface area contributed by atoms with Gasteiger partial charge in [-0.05, 0) is 66.8 Å². The van der Waals surface area contributed by atoms with Crippen molar-refractivity contribution in [1.82, 2.24) is 4.31 Å². The van der Waals surface area contributed by atoms with E-state index in [1.807, 2.05) is 0 Å². The highest BCUT2D eigenvalue weighted by atomic mass is 32.2. The number of hydrogen-bond donors (Lipinski definition) is 0. The lowest BCUT2D eigenvalue weighted by molar-refractivity contribution is -0.114. The second-order valence-electron chi connectivity index (χ2n) is 7.38. The molecule has 0 N–H and O–H groups in total. The van der Waals surface area contributed by atoms with Crippen molar-refractivity contribution < 1.29 is 17.6 Å². The predicted molar refractivity (Wildman–Crippen MR) is 111 cm³/mol. The highest BCUT2D eigenvalue weighted by molar-refractivity contribution is 7.89. The van der Waals surface area contributed by atoms with Crippen molar-refractivity contribution in [3.05, 3.63) is 65.5 Å². The third-order valence-electron chi connectivity index (χ3n) is 5.45. The van der Waals surface area contributed by atoms with E-state index < -0.39 is 10.0 Å². The molecular weight excluding hydrogens is 391 g/mol. The SMILES string of the molecule is O=C(/C=C/c1ccc(F)cc1)N1CCc2cc(S(=O)(=O)N3CCCCC3)ccc21. The summed E-state index contributed by atoms with van der Waals surface area (Å²) in [5.41, 5.74) is 2.35. The van der Waals surface area contributed by atoms with Crippen LogP contribution in [0.25, 0.3) is 6.08 Å². The Labute approximate surface area is 170 Å². The number of nitrogens with zero attached hydrogens (tertiary/aromatic N) is 2. The van der Waals surface area contributed by atoms with Crippen LogP contribution in [-0.2, 0) is 21.2 Å². The van der Waals surface area contributed by atoms with Crippen LogP contribution in [0.2, 0.25) is 0 Å². The van der Waals surface area contributed by atoms with E-state index in [0.29, 0.717) is 31.0 Å². The van der Waals surface area contributed by atoms with Crippen LogP contribution < -0.4 is 4.90 Å². The number of hydrogen-bond acceptors (Lipinski definition) is 3. The summed E-state index contributed by atoms with van der Waals surface area (Å²) in [6.45, 7) is 1.64. The highest BCUT2D eigenvalue weighted by Crippen LogP contribution is 2.32. The number of fused-ring (bicyclic) bond motifs is 1. The molecule has 1 amide bonds. The maximum atomic E-state index is 13.0. The van der Waals surface area contributed by atoms with E-state index in [2.05, 4.69) is 0 Å². The van der Waals surface area contributed by atoms with E-state index in [1.165, 1.54) is 18.2 Å². The number of sulfonamides is 1. The van der Waals surface area contributed by atoms with Gasteiger partial charge in [0.05, 0.1) is 4.90 Å². The molecule has 0 aromatic heterocycles. The van der Waals surface area contributed by atoms with Crippen molar-refractivity contribution in [2.24, 2.45) is 0 Å². The van der Waals surface area contributed by atoms with Gasteiger partial charge in [-0.2, -0.15) is 4.31 Å². The van der Waals surface area contributed by atoms with Crippen molar-refractivity contribution >= 4 is 27.7 Å². The van der Waals surface area contributed by atoms with Gasteiger partial charge in [0, 0.05) is 31.4 Å². The van der Waals surface area contributed by atoms with Crippen molar-refractivity contribution in [1.29, 1.82) is 0 Å². The van der Waals surface area contributed by atoms with Gasteiger partial charge in [-0.25, -0.2) is 12.8 Å². The van der Waals surface area contributed by atoms with Crippen LogP contribution >= 0.6 is 0 Å². The lowest BCUT2D eigenvalue weighted by Crippen LogP contribution is -2.35. The second-order valence-corrected chi connectivity index (χ2v) is 9.32. The third kappa shape index (κ3) is 4.11. The molecule has 2 aromatic carbocycles. The largest absolute Gasteiger partial charge is 0.308 e. The Morgan fingerprint density at radius 3 is 2.41 bits per heavy atom. The Kier molecular flexibility index (Phi) is 5.52. The first-order chi connectivity index (χ1) is 13.9. The normalized spacial score (nSPS) is 17.6. The number of carbonyl (C=O) groups excluding carboxylic acids is 1. The number of anilines is 1. The molecule has 0 spiro atoms. The Balaban J connectivity index is 1.52. The molecule has 2 aromatic rings. The van der Waals surface area contributed by atoms with Crippen LogP contribution in [0.15, 0.2) is 53.4 Å². The maximum absolute atomic E-state index is 13.0. The minimum Gasteiger partial charge on any atom is -0.308 e. The zero-order chi connectivity index (χ0) is 20.4. The Bertz CT molecular complexity index is 1040. The Morgan fingerprint density at radius 2 is 1.69 bits per heavy atom. The molecule has 5 nitrogen and oxygen atoms in total. The molecular formula is C22H23FN2O3S. The van der Waals surface area contributed by atoms with Gasteiger partial charge in [0.15, 0.2) is 0 Å². The number of halogens is 1. The van der Waals surface area contributed by atoms with Gasteiger partial charge in [-0.1, -0.05) is 18.6 Å². The van der Waals surface area contributed by atoms with Gasteiger partial charge >= 0.3 is 0 Å². The number of rotatable bonds is 4. The summed E-state index contributed by atoms with van der Waals surface area (Å²) in [4.78, 5) is 14.6. The van der Waals surface area contributed by atoms with Gasteiger partial charge in [0.1, 0.15) is 5.82 Å². The van der Waals surface area contributed by atoms with E-state index in [-0.39, 0.29) is 11.7 Å². The summed E-state index contributed by atoms with van der Waals surface area (Å²) < 4.78 is 40.3. The molecule has 2 aliphatic heterocycles. The molecule has 0 unspecified atom stereocenters. The fourth-order valence-electron chi connectivity index (χ4n) is 3.85. The first kappa shape index (κ1) is 19.8. The summed E-state index contributed by atoms with van der Waals surface area (Å²) in [5.74, 6) is -0.503. The summed E-state index contributed by atoms with van der Waals surface area (Å²) in [6.07, 6.45) is 6.59. The molecule has 1 fully saturated rings. The molecule has 0 radical (unpaired) electrons. The summed E-state index contributed by atoms with van der Waals surface area (Å²) >= 11 is 0. The Morgan fingerprint density at radius 1 is 0.966 bits per heavy atom. The van der Waals surface area contributed by atoms with Gasteiger partial charge in [0.2, 0.25) is 10.0 Å². The number of amides is 1. The fraction of sp³-hybridized carbons (Fsp3) is 0.318. The molecule has 0 saturated carbocycles. The number of carbonyl (C=O) groups is 1. The van der Waals surface area contributed by atoms with Gasteiger partial charge in [0.25, 0.3) is 5.91 Å². The molecule has 29 heavy (non-hydrogen) atoms. The highest BCUT2D eigenvalue weighted by Gasteiger charge is 2.29. The number of benzene rings is 2. The molecule has 2 aliphatic rings. The summed E-state index contributed by atoms with van der Waals surface area (Å²) in [7, 11) is -3.49. The molecule has 0 aliphatic carbocycles. The van der Waals surface area contributed by atoms with Crippen LogP contribution in [0.3, 0.4) is 0 Å². The first-order valence-corrected chi connectivity index (χ1v) is 11.3. The Hall–Kier alpha value is -2.51. The topological polar surface area (TPSA) is 57.7 Å². The van der Waals surface area contributed by atoms with Crippen molar-refractivity contribution in [3.8, 4) is 0 Å². The average molecular weight is 415 g/mol. The van der Waals surface area contributed by atoms with Crippen LogP contribution in [0.5, 0.6) is 0 Å². The van der Waals surface area contributed by atoms with Gasteiger partial charge in [-0.3, -0.25) is 4.79 Å². The van der Waals surface area contributed by atoms with E-state index in [4.69, 9.17) is 0 Å². The number of piperidine rings is 1. The van der Waals surface area contributed by atoms with E-state index in [1.54, 1.807) is 45.6 Å². The quantitative estimate of drug-likeness (QED) is 0.719. The molecule has 1 saturated heterocycles. The van der Waals surface area contributed by atoms with Crippen LogP contribution in [-0.4, -0.2) is 38.3 Å². The second kappa shape index (κ2) is 8.08. The summed E-state index contributed by atoms with van der Waals surface area (Å²) in [6, 6.07) is 10.9.